The van der Waals surface area contributed by atoms with Gasteiger partial charge in [-0.25, -0.2) is 9.97 Å². The molecular formula is C25H38N6OS. The van der Waals surface area contributed by atoms with E-state index in [1.165, 1.54) is 58.3 Å². The number of carbonyl (C=O) groups is 1. The van der Waals surface area contributed by atoms with Gasteiger partial charge in [-0.05, 0) is 89.8 Å². The highest BCUT2D eigenvalue weighted by Gasteiger charge is 2.27. The molecule has 5 heterocycles. The summed E-state index contributed by atoms with van der Waals surface area (Å²) in [4.78, 5) is 30.4. The van der Waals surface area contributed by atoms with E-state index in [0.29, 0.717) is 0 Å². The van der Waals surface area contributed by atoms with Crippen LogP contribution in [0.25, 0.3) is 10.3 Å². The van der Waals surface area contributed by atoms with Crippen molar-refractivity contribution in [3.8, 4) is 0 Å². The molecule has 5 rings (SSSR count). The fourth-order valence-electron chi connectivity index (χ4n) is 5.68. The molecule has 0 atom stereocenters. The Balaban J connectivity index is 0.969. The van der Waals surface area contributed by atoms with Crippen LogP contribution in [0, 0.1) is 5.92 Å². The summed E-state index contributed by atoms with van der Waals surface area (Å²) in [7, 11) is 0. The first-order valence-corrected chi connectivity index (χ1v) is 13.8. The average molecular weight is 471 g/mol. The molecule has 0 saturated carbocycles. The van der Waals surface area contributed by atoms with Crippen LogP contribution in [0.4, 0.5) is 5.13 Å². The molecule has 0 radical (unpaired) electrons. The number of anilines is 1. The van der Waals surface area contributed by atoms with Gasteiger partial charge in [0.1, 0.15) is 10.3 Å². The van der Waals surface area contributed by atoms with Crippen molar-refractivity contribution in [2.24, 2.45) is 5.92 Å². The molecule has 33 heavy (non-hydrogen) atoms. The number of aromatic nitrogens is 2. The minimum absolute atomic E-state index is 0.133. The zero-order valence-corrected chi connectivity index (χ0v) is 20.6. The first-order chi connectivity index (χ1) is 16.3. The van der Waals surface area contributed by atoms with E-state index in [9.17, 15) is 4.79 Å². The molecule has 2 aromatic rings. The summed E-state index contributed by atoms with van der Waals surface area (Å²) in [6, 6.07) is 4.76. The van der Waals surface area contributed by atoms with E-state index < -0.39 is 0 Å². The molecule has 0 spiro atoms. The van der Waals surface area contributed by atoms with Crippen LogP contribution in [0.1, 0.15) is 51.4 Å². The Labute approximate surface area is 201 Å². The van der Waals surface area contributed by atoms with Crippen LogP contribution in [0.15, 0.2) is 18.3 Å². The van der Waals surface area contributed by atoms with Crippen LogP contribution in [0.3, 0.4) is 0 Å². The number of rotatable bonds is 7. The second-order valence-electron chi connectivity index (χ2n) is 9.90. The summed E-state index contributed by atoms with van der Waals surface area (Å²) in [6.07, 6.45) is 11.5. The average Bonchev–Trinajstić information content (AvgIpc) is 3.32. The van der Waals surface area contributed by atoms with Crippen molar-refractivity contribution < 1.29 is 4.79 Å². The van der Waals surface area contributed by atoms with Crippen molar-refractivity contribution in [3.05, 3.63) is 18.3 Å². The molecule has 0 unspecified atom stereocenters. The third-order valence-electron chi connectivity index (χ3n) is 7.71. The highest BCUT2D eigenvalue weighted by Crippen LogP contribution is 2.30. The highest BCUT2D eigenvalue weighted by molar-refractivity contribution is 7.21. The smallest absolute Gasteiger partial charge is 0.223 e. The molecular weight excluding hydrogens is 432 g/mol. The van der Waals surface area contributed by atoms with Crippen LogP contribution in [0.2, 0.25) is 0 Å². The van der Waals surface area contributed by atoms with Gasteiger partial charge in [0.15, 0.2) is 5.13 Å². The van der Waals surface area contributed by atoms with Crippen molar-refractivity contribution in [3.63, 3.8) is 0 Å². The molecule has 1 N–H and O–H groups in total. The summed E-state index contributed by atoms with van der Waals surface area (Å²) in [5, 5.41) is 4.25. The number of nitrogens with one attached hydrogen (secondary N) is 1. The highest BCUT2D eigenvalue weighted by atomic mass is 32.1. The maximum Gasteiger partial charge on any atom is 0.223 e. The molecule has 0 aromatic carbocycles. The normalized spacial score (nSPS) is 22.1. The number of piperidine rings is 3. The van der Waals surface area contributed by atoms with Gasteiger partial charge in [-0.15, -0.1) is 0 Å². The summed E-state index contributed by atoms with van der Waals surface area (Å²) in [5.41, 5.74) is 0.966. The molecule has 3 saturated heterocycles. The van der Waals surface area contributed by atoms with Gasteiger partial charge in [0, 0.05) is 37.8 Å². The van der Waals surface area contributed by atoms with Crippen LogP contribution in [0.5, 0.6) is 0 Å². The lowest BCUT2D eigenvalue weighted by atomic mass is 9.96. The monoisotopic (exact) mass is 470 g/mol. The lowest BCUT2D eigenvalue weighted by Crippen LogP contribution is -2.47. The Morgan fingerprint density at radius 3 is 2.58 bits per heavy atom. The van der Waals surface area contributed by atoms with Gasteiger partial charge in [-0.3, -0.25) is 4.79 Å². The molecule has 180 valence electrons. The van der Waals surface area contributed by atoms with Crippen molar-refractivity contribution in [2.45, 2.75) is 57.4 Å². The van der Waals surface area contributed by atoms with Crippen LogP contribution in [-0.2, 0) is 4.79 Å². The fraction of sp³-hybridized carbons (Fsp3) is 0.720. The topological polar surface area (TPSA) is 64.6 Å². The summed E-state index contributed by atoms with van der Waals surface area (Å²) in [6.45, 7) is 8.75. The Bertz CT molecular complexity index is 864. The third kappa shape index (κ3) is 5.84. The SMILES string of the molecule is O=C(NCCCN1CCC(N2CCCCC2)CC1)C1CCN(c2nc3cccnc3s2)CC1. The summed E-state index contributed by atoms with van der Waals surface area (Å²) in [5.74, 6) is 0.374. The number of pyridine rings is 1. The van der Waals surface area contributed by atoms with Gasteiger partial charge >= 0.3 is 0 Å². The Morgan fingerprint density at radius 2 is 1.82 bits per heavy atom. The van der Waals surface area contributed by atoms with Crippen molar-refractivity contribution in [2.75, 3.05) is 57.3 Å². The second-order valence-corrected chi connectivity index (χ2v) is 10.9. The molecule has 7 nitrogen and oxygen atoms in total. The first-order valence-electron chi connectivity index (χ1n) is 13.0. The number of nitrogens with zero attached hydrogens (tertiary/aromatic N) is 5. The molecule has 1 amide bonds. The minimum atomic E-state index is 0.133. The number of carbonyl (C=O) groups excluding carboxylic acids is 1. The standard InChI is InChI=1S/C25H38N6OS/c32-23(20-7-18-31(19-8-20)25-28-22-6-4-11-27-24(22)33-25)26-12-5-13-29-16-9-21(10-17-29)30-14-2-1-3-15-30/h4,6,11,20-21H,1-3,5,7-10,12-19H2,(H,26,32). The maximum absolute atomic E-state index is 12.7. The van der Waals surface area contributed by atoms with Gasteiger partial charge in [-0.1, -0.05) is 17.8 Å². The predicted octanol–water partition coefficient (Wildman–Crippen LogP) is 3.36. The second kappa shape index (κ2) is 11.1. The molecule has 3 aliphatic heterocycles. The molecule has 0 aliphatic carbocycles. The number of hydrogen-bond donors (Lipinski definition) is 1. The van der Waals surface area contributed by atoms with Crippen LogP contribution >= 0.6 is 11.3 Å². The van der Waals surface area contributed by atoms with E-state index in [-0.39, 0.29) is 11.8 Å². The van der Waals surface area contributed by atoms with E-state index in [1.54, 1.807) is 11.3 Å². The van der Waals surface area contributed by atoms with Crippen molar-refractivity contribution >= 4 is 32.7 Å². The van der Waals surface area contributed by atoms with Gasteiger partial charge in [0.2, 0.25) is 5.91 Å². The summed E-state index contributed by atoms with van der Waals surface area (Å²) >= 11 is 1.65. The maximum atomic E-state index is 12.7. The van der Waals surface area contributed by atoms with Crippen LogP contribution in [-0.4, -0.2) is 84.1 Å². The third-order valence-corrected chi connectivity index (χ3v) is 8.75. The zero-order chi connectivity index (χ0) is 22.5. The van der Waals surface area contributed by atoms with Gasteiger partial charge < -0.3 is 20.0 Å². The quantitative estimate of drug-likeness (QED) is 0.626. The fourth-order valence-corrected chi connectivity index (χ4v) is 6.64. The predicted molar refractivity (Wildman–Crippen MR) is 135 cm³/mol. The van der Waals surface area contributed by atoms with Gasteiger partial charge in [0.05, 0.1) is 0 Å². The van der Waals surface area contributed by atoms with Gasteiger partial charge in [0.25, 0.3) is 0 Å². The number of hydrogen-bond acceptors (Lipinski definition) is 7. The van der Waals surface area contributed by atoms with Crippen molar-refractivity contribution in [1.29, 1.82) is 0 Å². The van der Waals surface area contributed by atoms with E-state index >= 15 is 0 Å². The molecule has 3 aliphatic rings. The molecule has 0 bridgehead atoms. The summed E-state index contributed by atoms with van der Waals surface area (Å²) < 4.78 is 0. The Morgan fingerprint density at radius 1 is 1.03 bits per heavy atom. The molecule has 2 aromatic heterocycles. The van der Waals surface area contributed by atoms with E-state index in [4.69, 9.17) is 4.98 Å². The van der Waals surface area contributed by atoms with E-state index in [2.05, 4.69) is 25.0 Å². The zero-order valence-electron chi connectivity index (χ0n) is 19.8. The Hall–Kier alpha value is -1.77. The van der Waals surface area contributed by atoms with E-state index in [1.807, 2.05) is 18.3 Å². The number of amides is 1. The van der Waals surface area contributed by atoms with Crippen molar-refractivity contribution in [1.82, 2.24) is 25.1 Å². The lowest BCUT2D eigenvalue weighted by Gasteiger charge is -2.40. The number of likely N-dealkylation sites (tertiary alicyclic amines) is 2. The minimum Gasteiger partial charge on any atom is -0.356 e. The first kappa shape index (κ1) is 23.0. The van der Waals surface area contributed by atoms with E-state index in [0.717, 1.165) is 67.0 Å². The lowest BCUT2D eigenvalue weighted by molar-refractivity contribution is -0.125. The van der Waals surface area contributed by atoms with Crippen LogP contribution < -0.4 is 10.2 Å². The largest absolute Gasteiger partial charge is 0.356 e. The Kier molecular flexibility index (Phi) is 7.74. The molecule has 8 heteroatoms. The van der Waals surface area contributed by atoms with Gasteiger partial charge in [-0.2, -0.15) is 0 Å². The molecule has 3 fully saturated rings. The number of fused-ring (bicyclic) bond motifs is 1. The number of thiazole rings is 1.